The molecule has 0 fully saturated rings. The van der Waals surface area contributed by atoms with Gasteiger partial charge in [0.2, 0.25) is 0 Å². The molecule has 0 spiro atoms. The molecule has 0 unspecified atom stereocenters. The fraction of sp³-hybridized carbons (Fsp3) is 0.143. The number of hydrogen-bond donors (Lipinski definition) is 1. The molecule has 0 radical (unpaired) electrons. The number of nitro benzene ring substituents is 1. The van der Waals surface area contributed by atoms with E-state index in [4.69, 9.17) is 9.15 Å². The fourth-order valence-corrected chi connectivity index (χ4v) is 2.63. The zero-order valence-electron chi connectivity index (χ0n) is 15.9. The Labute approximate surface area is 167 Å². The van der Waals surface area contributed by atoms with Crippen molar-refractivity contribution < 1.29 is 18.9 Å². The number of hydrogen-bond acceptors (Lipinski definition) is 6. The van der Waals surface area contributed by atoms with E-state index in [1.165, 1.54) is 12.3 Å². The van der Waals surface area contributed by atoms with Crippen LogP contribution in [0.4, 0.5) is 5.69 Å². The van der Waals surface area contributed by atoms with Crippen LogP contribution in [0.2, 0.25) is 0 Å². The molecule has 1 N–H and O–H groups in total. The number of carbonyl (C=O) groups excluding carboxylic acids is 1. The second kappa shape index (κ2) is 8.83. The van der Waals surface area contributed by atoms with Gasteiger partial charge in [-0.1, -0.05) is 24.3 Å². The van der Waals surface area contributed by atoms with Gasteiger partial charge in [0.05, 0.1) is 16.7 Å². The van der Waals surface area contributed by atoms with Gasteiger partial charge in [0, 0.05) is 6.07 Å². The standard InChI is InChI=1S/C21H19N3O5/c1-14-6-5-9-19(15(14)2)28-13-21(25)23-22-12-16-10-11-20(29-16)17-7-3-4-8-18(17)24(26)27/h3-12H,13H2,1-2H3,(H,23,25)/b22-12+. The normalized spacial score (nSPS) is 10.8. The highest BCUT2D eigenvalue weighted by Crippen LogP contribution is 2.30. The summed E-state index contributed by atoms with van der Waals surface area (Å²) in [7, 11) is 0. The number of rotatable bonds is 7. The van der Waals surface area contributed by atoms with E-state index < -0.39 is 10.8 Å². The van der Waals surface area contributed by atoms with E-state index in [-0.39, 0.29) is 12.3 Å². The van der Waals surface area contributed by atoms with Crippen molar-refractivity contribution in [3.05, 3.63) is 81.6 Å². The van der Waals surface area contributed by atoms with Gasteiger partial charge in [-0.2, -0.15) is 5.10 Å². The topological polar surface area (TPSA) is 107 Å². The molecule has 8 heteroatoms. The van der Waals surface area contributed by atoms with E-state index in [9.17, 15) is 14.9 Å². The minimum atomic E-state index is -0.470. The predicted octanol–water partition coefficient (Wildman–Crippen LogP) is 4.00. The summed E-state index contributed by atoms with van der Waals surface area (Å²) in [4.78, 5) is 22.6. The Bertz CT molecular complexity index is 1070. The van der Waals surface area contributed by atoms with E-state index >= 15 is 0 Å². The molecule has 0 saturated carbocycles. The largest absolute Gasteiger partial charge is 0.483 e. The molecule has 1 amide bonds. The Balaban J connectivity index is 1.58. The first-order valence-corrected chi connectivity index (χ1v) is 8.80. The first-order chi connectivity index (χ1) is 14.0. The lowest BCUT2D eigenvalue weighted by atomic mass is 10.1. The van der Waals surface area contributed by atoms with Crippen molar-refractivity contribution in [3.63, 3.8) is 0 Å². The van der Waals surface area contributed by atoms with Gasteiger partial charge in [-0.05, 0) is 49.2 Å². The van der Waals surface area contributed by atoms with Crippen molar-refractivity contribution in [1.29, 1.82) is 0 Å². The number of amides is 1. The third kappa shape index (κ3) is 4.86. The van der Waals surface area contributed by atoms with Crippen LogP contribution >= 0.6 is 0 Å². The van der Waals surface area contributed by atoms with Crippen molar-refractivity contribution in [1.82, 2.24) is 5.43 Å². The molecular weight excluding hydrogens is 374 g/mol. The van der Waals surface area contributed by atoms with Crippen molar-refractivity contribution >= 4 is 17.8 Å². The van der Waals surface area contributed by atoms with Crippen LogP contribution in [0.3, 0.4) is 0 Å². The monoisotopic (exact) mass is 393 g/mol. The lowest BCUT2D eigenvalue weighted by Gasteiger charge is -2.09. The number of ether oxygens (including phenoxy) is 1. The first kappa shape index (κ1) is 19.8. The molecule has 0 saturated heterocycles. The molecule has 3 aromatic rings. The maximum absolute atomic E-state index is 11.9. The van der Waals surface area contributed by atoms with Crippen LogP contribution in [-0.4, -0.2) is 23.7 Å². The number of nitro groups is 1. The zero-order chi connectivity index (χ0) is 20.8. The Morgan fingerprint density at radius 2 is 1.97 bits per heavy atom. The van der Waals surface area contributed by atoms with Crippen LogP contribution in [0.25, 0.3) is 11.3 Å². The molecule has 0 atom stereocenters. The van der Waals surface area contributed by atoms with Crippen LogP contribution in [0.15, 0.2) is 64.1 Å². The Morgan fingerprint density at radius 3 is 2.76 bits per heavy atom. The summed E-state index contributed by atoms with van der Waals surface area (Å²) in [5.41, 5.74) is 4.71. The summed E-state index contributed by atoms with van der Waals surface area (Å²) < 4.78 is 11.1. The number of nitrogens with zero attached hydrogens (tertiary/aromatic N) is 2. The smallest absolute Gasteiger partial charge is 0.280 e. The lowest BCUT2D eigenvalue weighted by Crippen LogP contribution is -2.24. The minimum absolute atomic E-state index is 0.0535. The van der Waals surface area contributed by atoms with Crippen molar-refractivity contribution in [2.45, 2.75) is 13.8 Å². The average Bonchev–Trinajstić information content (AvgIpc) is 3.18. The molecule has 148 valence electrons. The van der Waals surface area contributed by atoms with Gasteiger partial charge in [-0.3, -0.25) is 14.9 Å². The summed E-state index contributed by atoms with van der Waals surface area (Å²) in [5, 5.41) is 15.0. The molecule has 8 nitrogen and oxygen atoms in total. The van der Waals surface area contributed by atoms with Crippen molar-refractivity contribution in [2.75, 3.05) is 6.61 Å². The Kier molecular flexibility index (Phi) is 6.03. The molecule has 2 aromatic carbocycles. The third-order valence-electron chi connectivity index (χ3n) is 4.29. The average molecular weight is 393 g/mol. The van der Waals surface area contributed by atoms with Crippen LogP contribution in [0.1, 0.15) is 16.9 Å². The van der Waals surface area contributed by atoms with E-state index in [1.807, 2.05) is 26.0 Å². The summed E-state index contributed by atoms with van der Waals surface area (Å²) in [6.07, 6.45) is 1.31. The molecular formula is C21H19N3O5. The summed E-state index contributed by atoms with van der Waals surface area (Å²) in [6.45, 7) is 3.71. The van der Waals surface area contributed by atoms with Gasteiger partial charge in [-0.15, -0.1) is 0 Å². The van der Waals surface area contributed by atoms with Crippen LogP contribution < -0.4 is 10.2 Å². The molecule has 29 heavy (non-hydrogen) atoms. The Morgan fingerprint density at radius 1 is 1.17 bits per heavy atom. The number of carbonyl (C=O) groups is 1. The number of furan rings is 1. The van der Waals surface area contributed by atoms with Gasteiger partial charge in [0.25, 0.3) is 11.6 Å². The molecule has 0 aliphatic carbocycles. The summed E-state index contributed by atoms with van der Waals surface area (Å²) in [5.74, 6) is 0.897. The second-order valence-electron chi connectivity index (χ2n) is 6.26. The molecule has 3 rings (SSSR count). The number of aryl methyl sites for hydroxylation is 1. The molecule has 0 aliphatic heterocycles. The number of hydrazone groups is 1. The van der Waals surface area contributed by atoms with Gasteiger partial charge in [-0.25, -0.2) is 5.43 Å². The number of para-hydroxylation sites is 1. The lowest BCUT2D eigenvalue weighted by molar-refractivity contribution is -0.384. The molecule has 0 aliphatic rings. The van der Waals surface area contributed by atoms with Gasteiger partial charge in [0.15, 0.2) is 6.61 Å². The van der Waals surface area contributed by atoms with Crippen molar-refractivity contribution in [3.8, 4) is 17.1 Å². The zero-order valence-corrected chi connectivity index (χ0v) is 15.9. The first-order valence-electron chi connectivity index (χ1n) is 8.80. The summed E-state index contributed by atoms with van der Waals surface area (Å²) in [6, 6.07) is 15.1. The third-order valence-corrected chi connectivity index (χ3v) is 4.29. The van der Waals surface area contributed by atoms with E-state index in [1.54, 1.807) is 36.4 Å². The SMILES string of the molecule is Cc1cccc(OCC(=O)N/N=C/c2ccc(-c3ccccc3[N+](=O)[O-])o2)c1C. The highest BCUT2D eigenvalue weighted by atomic mass is 16.6. The summed E-state index contributed by atoms with van der Waals surface area (Å²) >= 11 is 0. The van der Waals surface area contributed by atoms with Gasteiger partial charge >= 0.3 is 0 Å². The predicted molar refractivity (Wildman–Crippen MR) is 108 cm³/mol. The van der Waals surface area contributed by atoms with E-state index in [2.05, 4.69) is 10.5 Å². The highest BCUT2D eigenvalue weighted by Gasteiger charge is 2.16. The second-order valence-corrected chi connectivity index (χ2v) is 6.26. The van der Waals surface area contributed by atoms with E-state index in [0.29, 0.717) is 22.8 Å². The fourth-order valence-electron chi connectivity index (χ4n) is 2.63. The molecule has 1 aromatic heterocycles. The van der Waals surface area contributed by atoms with Crippen LogP contribution in [0.5, 0.6) is 5.75 Å². The van der Waals surface area contributed by atoms with Gasteiger partial charge in [0.1, 0.15) is 17.3 Å². The quantitative estimate of drug-likeness (QED) is 0.371. The van der Waals surface area contributed by atoms with Crippen molar-refractivity contribution in [2.24, 2.45) is 5.10 Å². The Hall–Kier alpha value is -3.94. The number of nitrogens with one attached hydrogen (secondary N) is 1. The van der Waals surface area contributed by atoms with E-state index in [0.717, 1.165) is 11.1 Å². The maximum Gasteiger partial charge on any atom is 0.280 e. The highest BCUT2D eigenvalue weighted by molar-refractivity contribution is 5.82. The number of benzene rings is 2. The van der Waals surface area contributed by atoms with Crippen LogP contribution in [-0.2, 0) is 4.79 Å². The maximum atomic E-state index is 11.9. The molecule has 1 heterocycles. The van der Waals surface area contributed by atoms with Crippen LogP contribution in [0, 0.1) is 24.0 Å². The van der Waals surface area contributed by atoms with Gasteiger partial charge < -0.3 is 9.15 Å². The molecule has 0 bridgehead atoms. The minimum Gasteiger partial charge on any atom is -0.483 e.